The van der Waals surface area contributed by atoms with Crippen LogP contribution >= 0.6 is 0 Å². The largest absolute Gasteiger partial charge is 2.00 e. The first-order chi connectivity index (χ1) is 0. The maximum atomic E-state index is 0. The van der Waals surface area contributed by atoms with E-state index in [9.17, 15) is 0 Å². The zero-order valence-electron chi connectivity index (χ0n) is 4.65. The predicted molar refractivity (Wildman–Crippen MR) is 13.5 cm³/mol. The summed E-state index contributed by atoms with van der Waals surface area (Å²) in [4.78, 5) is 0. The third-order valence-corrected chi connectivity index (χ3v) is 0. The van der Waals surface area contributed by atoms with Gasteiger partial charge in [0.2, 0.25) is 0 Å². The molecule has 0 aliphatic rings. The third-order valence-electron chi connectivity index (χ3n) is 0. The molecular weight excluding hydrogens is 95.1 g/mol. The molecule has 0 heterocycles. The Balaban J connectivity index is 0. The molecule has 20 valence electrons. The van der Waals surface area contributed by atoms with Gasteiger partial charge in [0, 0.05) is 0 Å². The van der Waals surface area contributed by atoms with Gasteiger partial charge >= 0.3 is 67.3 Å². The Kier molecular flexibility index (Phi) is 166. The van der Waals surface area contributed by atoms with Crippen molar-refractivity contribution in [3.63, 3.8) is 0 Å². The van der Waals surface area contributed by atoms with E-state index in [1.807, 2.05) is 0 Å². The van der Waals surface area contributed by atoms with Crippen molar-refractivity contribution in [2.75, 3.05) is 0 Å². The van der Waals surface area contributed by atoms with E-state index in [1.54, 1.807) is 0 Å². The number of rotatable bonds is 0. The Morgan fingerprint density at radius 2 is 1.25 bits per heavy atom. The van der Waals surface area contributed by atoms with Crippen LogP contribution in [-0.2, 0) is 0 Å². The zero-order chi connectivity index (χ0) is 0. The van der Waals surface area contributed by atoms with Crippen molar-refractivity contribution in [2.24, 2.45) is 0 Å². The molecule has 0 atom stereocenters. The molecule has 0 rings (SSSR count). The Morgan fingerprint density at radius 3 is 1.25 bits per heavy atom. The second kappa shape index (κ2) is 19.0. The first kappa shape index (κ1) is 34.9. The molecule has 0 saturated carbocycles. The molecular formula is H5CaNaO2. The van der Waals surface area contributed by atoms with Crippen LogP contribution in [0.25, 0.3) is 0 Å². The van der Waals surface area contributed by atoms with Gasteiger partial charge in [0.25, 0.3) is 0 Å². The molecule has 0 radical (unpaired) electrons. The molecule has 3 N–H and O–H groups in total. The van der Waals surface area contributed by atoms with Crippen molar-refractivity contribution in [1.29, 1.82) is 0 Å². The number of hydrogen-bond donors (Lipinski definition) is 0. The van der Waals surface area contributed by atoms with Gasteiger partial charge in [-0.05, 0) is 0 Å². The quantitative estimate of drug-likeness (QED) is 0.285. The molecule has 2 nitrogen and oxygen atoms in total. The molecule has 0 aliphatic carbocycles. The topological polar surface area (TPSA) is 61.5 Å². The van der Waals surface area contributed by atoms with Crippen molar-refractivity contribution in [3.05, 3.63) is 0 Å². The van der Waals surface area contributed by atoms with Crippen LogP contribution in [0.1, 0.15) is 2.85 Å². The van der Waals surface area contributed by atoms with Gasteiger partial charge in [-0.3, -0.25) is 0 Å². The Labute approximate surface area is 79.8 Å². The summed E-state index contributed by atoms with van der Waals surface area (Å²) < 4.78 is 0. The van der Waals surface area contributed by atoms with Crippen LogP contribution < -0.4 is 29.6 Å². The Bertz CT molecular complexity index is 11.5. The van der Waals surface area contributed by atoms with E-state index in [2.05, 4.69) is 0 Å². The fourth-order valence-corrected chi connectivity index (χ4v) is 0. The normalized spacial score (nSPS) is 0. The van der Waals surface area contributed by atoms with Crippen LogP contribution in [0, 0.1) is 0 Å². The van der Waals surface area contributed by atoms with Gasteiger partial charge in [-0.1, -0.05) is 0 Å². The van der Waals surface area contributed by atoms with E-state index in [1.165, 1.54) is 0 Å². The van der Waals surface area contributed by atoms with Gasteiger partial charge in [-0.15, -0.1) is 0 Å². The minimum atomic E-state index is 0. The number of hydrogen-bond acceptors (Lipinski definition) is 1. The monoisotopic (exact) mass is 100.0 g/mol. The molecule has 0 aromatic rings. The summed E-state index contributed by atoms with van der Waals surface area (Å²) in [6.07, 6.45) is 0. The molecule has 0 spiro atoms. The molecule has 0 bridgehead atoms. The molecule has 0 amide bonds. The summed E-state index contributed by atoms with van der Waals surface area (Å²) in [5, 5.41) is 0. The summed E-state index contributed by atoms with van der Waals surface area (Å²) in [5.41, 5.74) is 0. The Morgan fingerprint density at radius 1 is 1.25 bits per heavy atom. The summed E-state index contributed by atoms with van der Waals surface area (Å²) in [6.45, 7) is 0. The van der Waals surface area contributed by atoms with Crippen LogP contribution in [0.2, 0.25) is 0 Å². The average Bonchev–Trinajstić information content (AvgIpc) is 0. The van der Waals surface area contributed by atoms with Crippen molar-refractivity contribution in [1.82, 2.24) is 0 Å². The minimum absolute atomic E-state index is 0. The van der Waals surface area contributed by atoms with Gasteiger partial charge in [0.15, 0.2) is 0 Å². The first-order valence-corrected chi connectivity index (χ1v) is 0. The van der Waals surface area contributed by atoms with Gasteiger partial charge < -0.3 is 13.8 Å². The summed E-state index contributed by atoms with van der Waals surface area (Å²) in [5.74, 6) is 0. The van der Waals surface area contributed by atoms with Crippen LogP contribution in [0.3, 0.4) is 0 Å². The third kappa shape index (κ3) is 8.89. The fourth-order valence-electron chi connectivity index (χ4n) is 0. The minimum Gasteiger partial charge on any atom is -1.00 e. The molecule has 4 heteroatoms. The molecule has 0 aliphatic heterocycles. The first-order valence-electron chi connectivity index (χ1n) is 0. The standard InChI is InChI=1S/Ca.Na.2H2O.2H/h;;2*1H2;;/q+2;+1;;;2*-1/p-1. The Hall–Kier alpha value is 2.18. The van der Waals surface area contributed by atoms with E-state index in [0.29, 0.717) is 0 Å². The van der Waals surface area contributed by atoms with Crippen molar-refractivity contribution in [3.8, 4) is 0 Å². The van der Waals surface area contributed by atoms with E-state index in [0.717, 1.165) is 0 Å². The molecule has 0 unspecified atom stereocenters. The summed E-state index contributed by atoms with van der Waals surface area (Å²) in [6, 6.07) is 0. The van der Waals surface area contributed by atoms with Crippen molar-refractivity contribution < 1.29 is 43.4 Å². The maximum absolute atomic E-state index is 0. The average molecular weight is 100 g/mol. The van der Waals surface area contributed by atoms with E-state index in [4.69, 9.17) is 0 Å². The predicted octanol–water partition coefficient (Wildman–Crippen LogP) is -4.15. The molecule has 0 saturated heterocycles. The van der Waals surface area contributed by atoms with Gasteiger partial charge in [-0.25, -0.2) is 0 Å². The van der Waals surface area contributed by atoms with Crippen molar-refractivity contribution >= 4 is 37.7 Å². The van der Waals surface area contributed by atoms with Gasteiger partial charge in [0.05, 0.1) is 0 Å². The van der Waals surface area contributed by atoms with Crippen LogP contribution in [0.15, 0.2) is 0 Å². The van der Waals surface area contributed by atoms with Crippen LogP contribution in [0.4, 0.5) is 0 Å². The van der Waals surface area contributed by atoms with E-state index in [-0.39, 0.29) is 81.1 Å². The second-order valence-corrected chi connectivity index (χ2v) is 0. The fraction of sp³-hybridized carbons (Fsp3) is 0. The van der Waals surface area contributed by atoms with Crippen LogP contribution in [-0.4, -0.2) is 48.7 Å². The van der Waals surface area contributed by atoms with E-state index >= 15 is 0 Å². The molecule has 4 heavy (non-hydrogen) atoms. The maximum Gasteiger partial charge on any atom is 2.00 e. The van der Waals surface area contributed by atoms with Crippen molar-refractivity contribution in [2.45, 2.75) is 0 Å². The van der Waals surface area contributed by atoms with Gasteiger partial charge in [-0.2, -0.15) is 0 Å². The van der Waals surface area contributed by atoms with E-state index < -0.39 is 0 Å². The summed E-state index contributed by atoms with van der Waals surface area (Å²) >= 11 is 0. The van der Waals surface area contributed by atoms with Gasteiger partial charge in [0.1, 0.15) is 0 Å². The smallest absolute Gasteiger partial charge is 1.00 e. The molecule has 0 fully saturated rings. The SMILES string of the molecule is O.[Ca+2].[H-].[H-].[Na+].[OH-]. The second-order valence-electron chi connectivity index (χ2n) is 0. The molecule has 0 aromatic carbocycles. The zero-order valence-corrected chi connectivity index (χ0v) is 6.86. The molecule has 0 aromatic heterocycles. The van der Waals surface area contributed by atoms with Crippen LogP contribution in [0.5, 0.6) is 0 Å². The summed E-state index contributed by atoms with van der Waals surface area (Å²) in [7, 11) is 0.